The number of aromatic amines is 1. The molecule has 0 radical (unpaired) electrons. The molecule has 3 N–H and O–H groups in total. The molecule has 2 aromatic carbocycles. The highest BCUT2D eigenvalue weighted by molar-refractivity contribution is 7.89. The average Bonchev–Trinajstić information content (AvgIpc) is 2.66. The number of halogens is 1. The SMILES string of the molecule is COc1ccc(-c2cc(-c3ccccc3Cl)c(C#N)c(=O)[nH]2)cc1S(N)(=O)=O. The number of ether oxygens (including phenoxy) is 1. The van der Waals surface area contributed by atoms with E-state index >= 15 is 0 Å². The van der Waals surface area contributed by atoms with Crippen LogP contribution in [0, 0.1) is 11.3 Å². The topological polar surface area (TPSA) is 126 Å². The molecule has 0 aliphatic heterocycles. The van der Waals surface area contributed by atoms with Crippen LogP contribution in [0.25, 0.3) is 22.4 Å². The van der Waals surface area contributed by atoms with Crippen LogP contribution >= 0.6 is 11.6 Å². The zero-order valence-electron chi connectivity index (χ0n) is 14.6. The van der Waals surface area contributed by atoms with Crippen LogP contribution in [-0.4, -0.2) is 20.5 Å². The number of nitrogens with two attached hydrogens (primary N) is 1. The highest BCUT2D eigenvalue weighted by Gasteiger charge is 2.18. The van der Waals surface area contributed by atoms with Gasteiger partial charge in [-0.2, -0.15) is 5.26 Å². The van der Waals surface area contributed by atoms with E-state index in [0.29, 0.717) is 27.4 Å². The fourth-order valence-electron chi connectivity index (χ4n) is 2.78. The highest BCUT2D eigenvalue weighted by Crippen LogP contribution is 2.33. The van der Waals surface area contributed by atoms with Crippen molar-refractivity contribution in [1.29, 1.82) is 5.26 Å². The predicted octanol–water partition coefficient (Wildman–Crippen LogP) is 2.89. The molecular weight excluding hydrogens is 402 g/mol. The standard InChI is InChI=1S/C19H14ClN3O4S/c1-27-17-7-6-11(8-18(17)28(22,25)26)16-9-13(14(10-21)19(24)23-16)12-4-2-3-5-15(12)20/h2-9H,1H3,(H,23,24)(H2,22,25,26). The van der Waals surface area contributed by atoms with Gasteiger partial charge in [0.1, 0.15) is 22.3 Å². The minimum absolute atomic E-state index is 0.0774. The van der Waals surface area contributed by atoms with Gasteiger partial charge in [-0.25, -0.2) is 13.6 Å². The molecule has 0 saturated carbocycles. The summed E-state index contributed by atoms with van der Waals surface area (Å²) in [5.74, 6) is 0.0774. The summed E-state index contributed by atoms with van der Waals surface area (Å²) in [4.78, 5) is 14.8. The molecule has 0 bridgehead atoms. The summed E-state index contributed by atoms with van der Waals surface area (Å²) < 4.78 is 28.8. The Morgan fingerprint density at radius 2 is 1.86 bits per heavy atom. The number of hydrogen-bond acceptors (Lipinski definition) is 5. The molecule has 142 valence electrons. The molecule has 7 nitrogen and oxygen atoms in total. The molecule has 0 amide bonds. The van der Waals surface area contributed by atoms with E-state index in [1.165, 1.54) is 19.2 Å². The van der Waals surface area contributed by atoms with Gasteiger partial charge in [0.15, 0.2) is 0 Å². The Balaban J connectivity index is 2.30. The first-order chi connectivity index (χ1) is 13.3. The number of primary sulfonamides is 1. The molecule has 0 atom stereocenters. The van der Waals surface area contributed by atoms with Crippen molar-refractivity contribution in [3.05, 3.63) is 69.5 Å². The Morgan fingerprint density at radius 1 is 1.14 bits per heavy atom. The number of nitriles is 1. The van der Waals surface area contributed by atoms with Crippen molar-refractivity contribution in [2.45, 2.75) is 4.90 Å². The summed E-state index contributed by atoms with van der Waals surface area (Å²) in [6, 6.07) is 14.5. The van der Waals surface area contributed by atoms with Crippen LogP contribution in [0.2, 0.25) is 5.02 Å². The summed E-state index contributed by atoms with van der Waals surface area (Å²) in [5, 5.41) is 15.0. The fourth-order valence-corrected chi connectivity index (χ4v) is 3.75. The number of sulfonamides is 1. The van der Waals surface area contributed by atoms with E-state index in [1.54, 1.807) is 36.4 Å². The van der Waals surface area contributed by atoms with Crippen LogP contribution in [0.4, 0.5) is 0 Å². The molecule has 1 heterocycles. The maximum Gasteiger partial charge on any atom is 0.266 e. The van der Waals surface area contributed by atoms with Crippen LogP contribution in [-0.2, 0) is 10.0 Å². The fraction of sp³-hybridized carbons (Fsp3) is 0.0526. The maximum absolute atomic E-state index is 12.5. The van der Waals surface area contributed by atoms with Crippen molar-refractivity contribution in [2.75, 3.05) is 7.11 Å². The smallest absolute Gasteiger partial charge is 0.266 e. The molecule has 0 aliphatic rings. The van der Waals surface area contributed by atoms with Gasteiger partial charge in [0.2, 0.25) is 10.0 Å². The van der Waals surface area contributed by atoms with E-state index in [9.17, 15) is 18.5 Å². The van der Waals surface area contributed by atoms with Gasteiger partial charge < -0.3 is 9.72 Å². The number of nitrogens with zero attached hydrogens (tertiary/aromatic N) is 1. The van der Waals surface area contributed by atoms with E-state index in [0.717, 1.165) is 0 Å². The third kappa shape index (κ3) is 3.64. The largest absolute Gasteiger partial charge is 0.495 e. The molecule has 9 heteroatoms. The second kappa shape index (κ2) is 7.48. The number of pyridine rings is 1. The number of aromatic nitrogens is 1. The number of rotatable bonds is 4. The van der Waals surface area contributed by atoms with Crippen molar-refractivity contribution in [1.82, 2.24) is 4.98 Å². The van der Waals surface area contributed by atoms with Gasteiger partial charge in [0, 0.05) is 21.8 Å². The molecule has 1 aromatic heterocycles. The highest BCUT2D eigenvalue weighted by atomic mass is 35.5. The Hall–Kier alpha value is -3.12. The second-order valence-corrected chi connectivity index (χ2v) is 7.74. The van der Waals surface area contributed by atoms with Gasteiger partial charge in [-0.05, 0) is 35.9 Å². The predicted molar refractivity (Wildman–Crippen MR) is 106 cm³/mol. The number of benzene rings is 2. The molecule has 0 spiro atoms. The van der Waals surface area contributed by atoms with Gasteiger partial charge >= 0.3 is 0 Å². The molecular formula is C19H14ClN3O4S. The lowest BCUT2D eigenvalue weighted by molar-refractivity contribution is 0.403. The molecule has 3 aromatic rings. The van der Waals surface area contributed by atoms with Gasteiger partial charge in [0.05, 0.1) is 7.11 Å². The summed E-state index contributed by atoms with van der Waals surface area (Å²) in [6.07, 6.45) is 0. The zero-order valence-corrected chi connectivity index (χ0v) is 16.1. The summed E-state index contributed by atoms with van der Waals surface area (Å²) in [5.41, 5.74) is 0.791. The van der Waals surface area contributed by atoms with Crippen molar-refractivity contribution in [2.24, 2.45) is 5.14 Å². The van der Waals surface area contributed by atoms with E-state index < -0.39 is 15.6 Å². The summed E-state index contributed by atoms with van der Waals surface area (Å²) >= 11 is 6.23. The van der Waals surface area contributed by atoms with Gasteiger partial charge in [-0.1, -0.05) is 29.8 Å². The van der Waals surface area contributed by atoms with Crippen LogP contribution in [0.1, 0.15) is 5.56 Å². The summed E-state index contributed by atoms with van der Waals surface area (Å²) in [6.45, 7) is 0. The monoisotopic (exact) mass is 415 g/mol. The van der Waals surface area contributed by atoms with Gasteiger partial charge in [-0.3, -0.25) is 4.79 Å². The van der Waals surface area contributed by atoms with Gasteiger partial charge in [-0.15, -0.1) is 0 Å². The quantitative estimate of drug-likeness (QED) is 0.677. The Bertz CT molecular complexity index is 1280. The lowest BCUT2D eigenvalue weighted by Gasteiger charge is -2.12. The van der Waals surface area contributed by atoms with Crippen molar-refractivity contribution in [3.63, 3.8) is 0 Å². The first-order valence-corrected chi connectivity index (χ1v) is 9.82. The molecule has 28 heavy (non-hydrogen) atoms. The Kier molecular flexibility index (Phi) is 5.25. The van der Waals surface area contributed by atoms with E-state index in [-0.39, 0.29) is 16.2 Å². The van der Waals surface area contributed by atoms with Crippen LogP contribution < -0.4 is 15.4 Å². The third-order valence-corrected chi connectivity index (χ3v) is 5.35. The van der Waals surface area contributed by atoms with Crippen LogP contribution in [0.15, 0.2) is 58.2 Å². The first-order valence-electron chi connectivity index (χ1n) is 7.89. The Labute approximate surface area is 166 Å². The molecule has 0 fully saturated rings. The molecule has 3 rings (SSSR count). The van der Waals surface area contributed by atoms with Crippen molar-refractivity contribution in [3.8, 4) is 34.2 Å². The molecule has 0 aliphatic carbocycles. The lowest BCUT2D eigenvalue weighted by atomic mass is 9.99. The number of methoxy groups -OCH3 is 1. The number of nitrogens with one attached hydrogen (secondary N) is 1. The molecule has 0 saturated heterocycles. The maximum atomic E-state index is 12.5. The normalized spacial score (nSPS) is 11.1. The summed E-state index contributed by atoms with van der Waals surface area (Å²) in [7, 11) is -2.74. The van der Waals surface area contributed by atoms with E-state index in [4.69, 9.17) is 21.5 Å². The van der Waals surface area contributed by atoms with Gasteiger partial charge in [0.25, 0.3) is 5.56 Å². The zero-order chi connectivity index (χ0) is 20.5. The minimum atomic E-state index is -4.06. The van der Waals surface area contributed by atoms with E-state index in [2.05, 4.69) is 4.98 Å². The second-order valence-electron chi connectivity index (χ2n) is 5.80. The van der Waals surface area contributed by atoms with Crippen LogP contribution in [0.5, 0.6) is 5.75 Å². The Morgan fingerprint density at radius 3 is 2.46 bits per heavy atom. The van der Waals surface area contributed by atoms with Crippen molar-refractivity contribution >= 4 is 21.6 Å². The number of hydrogen-bond donors (Lipinski definition) is 2. The first kappa shape index (κ1) is 19.6. The number of H-pyrrole nitrogens is 1. The van der Waals surface area contributed by atoms with E-state index in [1.807, 2.05) is 6.07 Å². The average molecular weight is 416 g/mol. The lowest BCUT2D eigenvalue weighted by Crippen LogP contribution is -2.15. The molecule has 0 unspecified atom stereocenters. The van der Waals surface area contributed by atoms with Crippen molar-refractivity contribution < 1.29 is 13.2 Å². The van der Waals surface area contributed by atoms with Crippen LogP contribution in [0.3, 0.4) is 0 Å². The minimum Gasteiger partial charge on any atom is -0.495 e. The third-order valence-electron chi connectivity index (χ3n) is 4.09.